The first-order chi connectivity index (χ1) is 8.56. The van der Waals surface area contributed by atoms with Crippen LogP contribution < -0.4 is 10.6 Å². The lowest BCUT2D eigenvalue weighted by atomic mass is 10.1. The number of nitrogens with one attached hydrogen (secondary N) is 2. The van der Waals surface area contributed by atoms with Crippen LogP contribution in [-0.2, 0) is 11.2 Å². The third-order valence-corrected chi connectivity index (χ3v) is 2.84. The zero-order valence-corrected chi connectivity index (χ0v) is 10.6. The number of amides is 2. The van der Waals surface area contributed by atoms with Crippen molar-refractivity contribution in [3.8, 4) is 0 Å². The lowest BCUT2D eigenvalue weighted by molar-refractivity contribution is -0.115. The molecule has 2 amide bonds. The number of likely N-dealkylation sites (N-methyl/N-ethyl adjacent to an activating group) is 1. The minimum atomic E-state index is -0.0981. The highest BCUT2D eigenvalue weighted by Gasteiger charge is 2.18. The predicted molar refractivity (Wildman–Crippen MR) is 69.7 cm³/mol. The van der Waals surface area contributed by atoms with Crippen LogP contribution in [0.15, 0.2) is 18.2 Å². The van der Waals surface area contributed by atoms with E-state index in [4.69, 9.17) is 0 Å². The van der Waals surface area contributed by atoms with Crippen molar-refractivity contribution in [2.45, 2.75) is 6.42 Å². The van der Waals surface area contributed by atoms with Gasteiger partial charge in [-0.1, -0.05) is 0 Å². The Hall–Kier alpha value is -1.88. The van der Waals surface area contributed by atoms with E-state index in [0.717, 1.165) is 17.8 Å². The van der Waals surface area contributed by atoms with E-state index in [9.17, 15) is 9.59 Å². The topological polar surface area (TPSA) is 61.4 Å². The van der Waals surface area contributed by atoms with Crippen LogP contribution in [0.25, 0.3) is 0 Å². The van der Waals surface area contributed by atoms with Crippen molar-refractivity contribution in [1.82, 2.24) is 10.2 Å². The van der Waals surface area contributed by atoms with Crippen LogP contribution in [0.2, 0.25) is 0 Å². The number of hydrogen-bond donors (Lipinski definition) is 2. The van der Waals surface area contributed by atoms with E-state index in [0.29, 0.717) is 18.5 Å². The maximum atomic E-state index is 11.9. The summed E-state index contributed by atoms with van der Waals surface area (Å²) in [5, 5.41) is 5.59. The minimum Gasteiger partial charge on any atom is -0.351 e. The molecule has 5 heteroatoms. The molecule has 1 aromatic carbocycles. The number of anilines is 1. The fourth-order valence-electron chi connectivity index (χ4n) is 1.87. The molecule has 0 fully saturated rings. The molecule has 0 aromatic heterocycles. The number of benzene rings is 1. The van der Waals surface area contributed by atoms with E-state index in [1.54, 1.807) is 18.2 Å². The van der Waals surface area contributed by atoms with Gasteiger partial charge in [-0.25, -0.2) is 0 Å². The second-order valence-electron chi connectivity index (χ2n) is 4.66. The Morgan fingerprint density at radius 2 is 2.22 bits per heavy atom. The largest absolute Gasteiger partial charge is 0.351 e. The Labute approximate surface area is 106 Å². The highest BCUT2D eigenvalue weighted by atomic mass is 16.2. The van der Waals surface area contributed by atoms with Crippen molar-refractivity contribution in [2.24, 2.45) is 0 Å². The number of carbonyl (C=O) groups excluding carboxylic acids is 2. The third kappa shape index (κ3) is 2.87. The van der Waals surface area contributed by atoms with Crippen molar-refractivity contribution in [3.05, 3.63) is 29.3 Å². The Morgan fingerprint density at radius 3 is 2.94 bits per heavy atom. The van der Waals surface area contributed by atoms with E-state index < -0.39 is 0 Å². The van der Waals surface area contributed by atoms with Gasteiger partial charge in [0.2, 0.25) is 5.91 Å². The molecule has 0 unspecified atom stereocenters. The smallest absolute Gasteiger partial charge is 0.251 e. The van der Waals surface area contributed by atoms with Crippen LogP contribution in [0.4, 0.5) is 5.69 Å². The first-order valence-electron chi connectivity index (χ1n) is 5.92. The molecule has 0 bridgehead atoms. The molecule has 96 valence electrons. The molecule has 18 heavy (non-hydrogen) atoms. The highest BCUT2D eigenvalue weighted by molar-refractivity contribution is 6.01. The Balaban J connectivity index is 1.99. The van der Waals surface area contributed by atoms with E-state index >= 15 is 0 Å². The maximum Gasteiger partial charge on any atom is 0.251 e. The average Bonchev–Trinajstić information content (AvgIpc) is 2.67. The van der Waals surface area contributed by atoms with Gasteiger partial charge in [-0.2, -0.15) is 0 Å². The van der Waals surface area contributed by atoms with E-state index in [2.05, 4.69) is 10.6 Å². The van der Waals surface area contributed by atoms with Gasteiger partial charge in [-0.15, -0.1) is 0 Å². The Kier molecular flexibility index (Phi) is 3.62. The molecule has 1 heterocycles. The van der Waals surface area contributed by atoms with Gasteiger partial charge in [0.1, 0.15) is 0 Å². The molecule has 1 aromatic rings. The maximum absolute atomic E-state index is 11.9. The first kappa shape index (κ1) is 12.6. The number of fused-ring (bicyclic) bond motifs is 1. The molecule has 5 nitrogen and oxygen atoms in total. The molecule has 1 aliphatic rings. The van der Waals surface area contributed by atoms with Crippen LogP contribution in [-0.4, -0.2) is 43.9 Å². The summed E-state index contributed by atoms with van der Waals surface area (Å²) >= 11 is 0. The van der Waals surface area contributed by atoms with E-state index in [1.165, 1.54) is 0 Å². The molecular formula is C13H17N3O2. The third-order valence-electron chi connectivity index (χ3n) is 2.84. The number of rotatable bonds is 4. The van der Waals surface area contributed by atoms with Gasteiger partial charge in [-0.3, -0.25) is 9.59 Å². The van der Waals surface area contributed by atoms with Crippen molar-refractivity contribution in [2.75, 3.05) is 32.5 Å². The quantitative estimate of drug-likeness (QED) is 0.813. The van der Waals surface area contributed by atoms with Gasteiger partial charge >= 0.3 is 0 Å². The molecule has 2 N–H and O–H groups in total. The second-order valence-corrected chi connectivity index (χ2v) is 4.66. The molecule has 0 saturated heterocycles. The van der Waals surface area contributed by atoms with Crippen molar-refractivity contribution in [3.63, 3.8) is 0 Å². The lowest BCUT2D eigenvalue weighted by Crippen LogP contribution is -2.31. The van der Waals surface area contributed by atoms with Gasteiger partial charge in [0.25, 0.3) is 5.91 Å². The second kappa shape index (κ2) is 5.18. The van der Waals surface area contributed by atoms with Gasteiger partial charge in [0, 0.05) is 24.3 Å². The van der Waals surface area contributed by atoms with Crippen LogP contribution in [0, 0.1) is 0 Å². The van der Waals surface area contributed by atoms with E-state index in [-0.39, 0.29) is 11.8 Å². The summed E-state index contributed by atoms with van der Waals surface area (Å²) in [4.78, 5) is 25.1. The monoisotopic (exact) mass is 247 g/mol. The Morgan fingerprint density at radius 1 is 1.44 bits per heavy atom. The van der Waals surface area contributed by atoms with Gasteiger partial charge in [0.15, 0.2) is 0 Å². The number of carbonyl (C=O) groups is 2. The summed E-state index contributed by atoms with van der Waals surface area (Å²) < 4.78 is 0. The molecular weight excluding hydrogens is 230 g/mol. The predicted octanol–water partition coefficient (Wildman–Crippen LogP) is 0.473. The number of hydrogen-bond acceptors (Lipinski definition) is 3. The number of nitrogens with zero attached hydrogens (tertiary/aromatic N) is 1. The standard InChI is InChI=1S/C13H17N3O2/c1-16(2)6-5-14-13(18)9-3-4-11-10(7-9)8-12(17)15-11/h3-4,7H,5-6,8H2,1-2H3,(H,14,18)(H,15,17). The zero-order valence-electron chi connectivity index (χ0n) is 10.6. The Bertz CT molecular complexity index is 483. The summed E-state index contributed by atoms with van der Waals surface area (Å²) in [5.74, 6) is -0.117. The van der Waals surface area contributed by atoms with Crippen molar-refractivity contribution in [1.29, 1.82) is 0 Å². The lowest BCUT2D eigenvalue weighted by Gasteiger charge is -2.10. The van der Waals surface area contributed by atoms with Crippen LogP contribution in [0.1, 0.15) is 15.9 Å². The van der Waals surface area contributed by atoms with Crippen LogP contribution >= 0.6 is 0 Å². The van der Waals surface area contributed by atoms with Gasteiger partial charge in [0.05, 0.1) is 6.42 Å². The average molecular weight is 247 g/mol. The molecule has 2 rings (SSSR count). The van der Waals surface area contributed by atoms with Gasteiger partial charge in [-0.05, 0) is 37.9 Å². The summed E-state index contributed by atoms with van der Waals surface area (Å²) in [5.41, 5.74) is 2.30. The minimum absolute atomic E-state index is 0.0184. The van der Waals surface area contributed by atoms with Crippen LogP contribution in [0.5, 0.6) is 0 Å². The van der Waals surface area contributed by atoms with Crippen molar-refractivity contribution < 1.29 is 9.59 Å². The van der Waals surface area contributed by atoms with E-state index in [1.807, 2.05) is 19.0 Å². The van der Waals surface area contributed by atoms with Gasteiger partial charge < -0.3 is 15.5 Å². The van der Waals surface area contributed by atoms with Crippen LogP contribution in [0.3, 0.4) is 0 Å². The summed E-state index contributed by atoms with van der Waals surface area (Å²) in [6.07, 6.45) is 0.355. The molecule has 0 atom stereocenters. The zero-order chi connectivity index (χ0) is 13.1. The first-order valence-corrected chi connectivity index (χ1v) is 5.92. The van der Waals surface area contributed by atoms with Crippen molar-refractivity contribution >= 4 is 17.5 Å². The molecule has 0 spiro atoms. The summed E-state index contributed by atoms with van der Waals surface area (Å²) in [6.45, 7) is 1.41. The molecule has 0 radical (unpaired) electrons. The summed E-state index contributed by atoms with van der Waals surface area (Å²) in [6, 6.07) is 5.29. The molecule has 0 saturated carbocycles. The fraction of sp³-hybridized carbons (Fsp3) is 0.385. The SMILES string of the molecule is CN(C)CCNC(=O)c1ccc2c(c1)CC(=O)N2. The molecule has 1 aliphatic heterocycles. The normalized spacial score (nSPS) is 13.4. The summed E-state index contributed by atoms with van der Waals surface area (Å²) in [7, 11) is 3.91. The highest BCUT2D eigenvalue weighted by Crippen LogP contribution is 2.23. The fourth-order valence-corrected chi connectivity index (χ4v) is 1.87. The molecule has 0 aliphatic carbocycles.